The number of carbonyl (C=O) groups excluding carboxylic acids is 1. The van der Waals surface area contributed by atoms with Crippen LogP contribution in [0.4, 0.5) is 0 Å². The van der Waals surface area contributed by atoms with Crippen molar-refractivity contribution in [2.45, 2.75) is 39.5 Å². The summed E-state index contributed by atoms with van der Waals surface area (Å²) in [7, 11) is 0. The van der Waals surface area contributed by atoms with Gasteiger partial charge >= 0.3 is 11.9 Å². The van der Waals surface area contributed by atoms with E-state index in [9.17, 15) is 9.59 Å². The molecule has 0 bridgehead atoms. The molecule has 0 aliphatic heterocycles. The van der Waals surface area contributed by atoms with Crippen LogP contribution in [0.25, 0.3) is 11.1 Å². The molecule has 2 aromatic rings. The molecule has 150 valence electrons. The van der Waals surface area contributed by atoms with Crippen LogP contribution in [-0.2, 0) is 20.7 Å². The summed E-state index contributed by atoms with van der Waals surface area (Å²) >= 11 is 0. The molecule has 1 N–H and O–H groups in total. The second kappa shape index (κ2) is 11.1. The van der Waals surface area contributed by atoms with Crippen LogP contribution in [0.3, 0.4) is 0 Å². The van der Waals surface area contributed by atoms with Crippen molar-refractivity contribution >= 4 is 11.9 Å². The van der Waals surface area contributed by atoms with Crippen molar-refractivity contribution < 1.29 is 24.2 Å². The van der Waals surface area contributed by atoms with Crippen LogP contribution >= 0.6 is 0 Å². The smallest absolute Gasteiger partial charge is 0.306 e. The number of rotatable bonds is 11. The standard InChI is InChI=1S/C23H28O5/c1-3-27-22(24)10-7-15-28-21-14-13-18(12-11-17(2)23(25)26)16-20(21)19-8-5-4-6-9-19/h4-6,8-9,13-14,16-17H,3,7,10-12,15H2,1-2H3,(H,25,26). The molecule has 0 aliphatic carbocycles. The van der Waals surface area contributed by atoms with Gasteiger partial charge in [0, 0.05) is 12.0 Å². The predicted molar refractivity (Wildman–Crippen MR) is 108 cm³/mol. The predicted octanol–water partition coefficient (Wildman–Crippen LogP) is 4.73. The first-order valence-corrected chi connectivity index (χ1v) is 9.70. The highest BCUT2D eigenvalue weighted by Gasteiger charge is 2.13. The number of carboxylic acids is 1. The zero-order chi connectivity index (χ0) is 20.4. The molecule has 2 aromatic carbocycles. The Hall–Kier alpha value is -2.82. The Morgan fingerprint density at radius 3 is 2.54 bits per heavy atom. The maximum absolute atomic E-state index is 11.4. The van der Waals surface area contributed by atoms with Gasteiger partial charge in [0.25, 0.3) is 0 Å². The molecular weight excluding hydrogens is 356 g/mol. The van der Waals surface area contributed by atoms with Crippen molar-refractivity contribution in [3.05, 3.63) is 54.1 Å². The zero-order valence-corrected chi connectivity index (χ0v) is 16.5. The van der Waals surface area contributed by atoms with Gasteiger partial charge in [-0.1, -0.05) is 43.3 Å². The SMILES string of the molecule is CCOC(=O)CCCOc1ccc(CCC(C)C(=O)O)cc1-c1ccccc1. The quantitative estimate of drug-likeness (QED) is 0.448. The first kappa shape index (κ1) is 21.5. The molecule has 5 heteroatoms. The van der Waals surface area contributed by atoms with E-state index in [1.165, 1.54) is 0 Å². The number of aliphatic carboxylic acids is 1. The molecule has 0 radical (unpaired) electrons. The first-order valence-electron chi connectivity index (χ1n) is 9.70. The summed E-state index contributed by atoms with van der Waals surface area (Å²) in [5.74, 6) is -0.605. The molecule has 0 amide bonds. The van der Waals surface area contributed by atoms with Crippen LogP contribution < -0.4 is 4.74 Å². The van der Waals surface area contributed by atoms with Crippen LogP contribution in [0.15, 0.2) is 48.5 Å². The lowest BCUT2D eigenvalue weighted by molar-refractivity contribution is -0.143. The number of esters is 1. The van der Waals surface area contributed by atoms with Gasteiger partial charge in [-0.15, -0.1) is 0 Å². The highest BCUT2D eigenvalue weighted by Crippen LogP contribution is 2.32. The maximum Gasteiger partial charge on any atom is 0.306 e. The van der Waals surface area contributed by atoms with E-state index in [1.807, 2.05) is 42.5 Å². The third-order valence-corrected chi connectivity index (χ3v) is 4.50. The molecular formula is C23H28O5. The molecule has 5 nitrogen and oxygen atoms in total. The van der Waals surface area contributed by atoms with Gasteiger partial charge in [0.05, 0.1) is 19.1 Å². The van der Waals surface area contributed by atoms with Gasteiger partial charge in [-0.25, -0.2) is 0 Å². The summed E-state index contributed by atoms with van der Waals surface area (Å²) in [5, 5.41) is 9.08. The topological polar surface area (TPSA) is 72.8 Å². The van der Waals surface area contributed by atoms with Crippen molar-refractivity contribution in [3.63, 3.8) is 0 Å². The highest BCUT2D eigenvalue weighted by molar-refractivity contribution is 5.72. The van der Waals surface area contributed by atoms with Gasteiger partial charge in [0.2, 0.25) is 0 Å². The third-order valence-electron chi connectivity index (χ3n) is 4.50. The summed E-state index contributed by atoms with van der Waals surface area (Å²) in [6, 6.07) is 15.9. The van der Waals surface area contributed by atoms with E-state index in [1.54, 1.807) is 13.8 Å². The lowest BCUT2D eigenvalue weighted by Gasteiger charge is -2.14. The normalized spacial score (nSPS) is 11.6. The number of carboxylic acid groups (broad SMARTS) is 1. The summed E-state index contributed by atoms with van der Waals surface area (Å²) in [4.78, 5) is 22.5. The summed E-state index contributed by atoms with van der Waals surface area (Å²) < 4.78 is 10.9. The highest BCUT2D eigenvalue weighted by atomic mass is 16.5. The molecule has 0 spiro atoms. The molecule has 0 saturated heterocycles. The second-order valence-electron chi connectivity index (χ2n) is 6.73. The van der Waals surface area contributed by atoms with E-state index in [0.717, 1.165) is 22.4 Å². The molecule has 28 heavy (non-hydrogen) atoms. The molecule has 0 aromatic heterocycles. The molecule has 1 unspecified atom stereocenters. The van der Waals surface area contributed by atoms with Crippen molar-refractivity contribution in [2.24, 2.45) is 5.92 Å². The fourth-order valence-corrected chi connectivity index (χ4v) is 2.84. The van der Waals surface area contributed by atoms with Crippen molar-refractivity contribution in [3.8, 4) is 16.9 Å². The number of carbonyl (C=O) groups is 2. The molecule has 1 atom stereocenters. The van der Waals surface area contributed by atoms with Crippen LogP contribution in [0.5, 0.6) is 5.75 Å². The molecule has 0 heterocycles. The third kappa shape index (κ3) is 6.72. The maximum atomic E-state index is 11.4. The Kier molecular flexibility index (Phi) is 8.53. The van der Waals surface area contributed by atoms with E-state index >= 15 is 0 Å². The number of benzene rings is 2. The minimum absolute atomic E-state index is 0.211. The fourth-order valence-electron chi connectivity index (χ4n) is 2.84. The fraction of sp³-hybridized carbons (Fsp3) is 0.391. The average Bonchev–Trinajstić information content (AvgIpc) is 2.70. The van der Waals surface area contributed by atoms with Crippen LogP contribution in [0, 0.1) is 5.92 Å². The van der Waals surface area contributed by atoms with Gasteiger partial charge < -0.3 is 14.6 Å². The van der Waals surface area contributed by atoms with Crippen LogP contribution in [0.1, 0.15) is 38.7 Å². The number of aryl methyl sites for hydroxylation is 1. The lowest BCUT2D eigenvalue weighted by atomic mass is 9.97. The number of hydrogen-bond donors (Lipinski definition) is 1. The summed E-state index contributed by atoms with van der Waals surface area (Å²) in [6.07, 6.45) is 2.20. The summed E-state index contributed by atoms with van der Waals surface area (Å²) in [5.41, 5.74) is 3.08. The molecule has 0 fully saturated rings. The summed E-state index contributed by atoms with van der Waals surface area (Å²) in [6.45, 7) is 4.33. The number of ether oxygens (including phenoxy) is 2. The van der Waals surface area contributed by atoms with Gasteiger partial charge in [-0.3, -0.25) is 9.59 Å². The van der Waals surface area contributed by atoms with Gasteiger partial charge in [-0.2, -0.15) is 0 Å². The molecule has 0 aliphatic rings. The Labute approximate surface area is 166 Å². The second-order valence-corrected chi connectivity index (χ2v) is 6.73. The Morgan fingerprint density at radius 2 is 1.86 bits per heavy atom. The monoisotopic (exact) mass is 384 g/mol. The van der Waals surface area contributed by atoms with Crippen molar-refractivity contribution in [1.29, 1.82) is 0 Å². The Morgan fingerprint density at radius 1 is 1.11 bits per heavy atom. The molecule has 0 saturated carbocycles. The van der Waals surface area contributed by atoms with E-state index in [-0.39, 0.29) is 11.9 Å². The Balaban J connectivity index is 2.09. The lowest BCUT2D eigenvalue weighted by Crippen LogP contribution is -2.10. The average molecular weight is 384 g/mol. The largest absolute Gasteiger partial charge is 0.493 e. The zero-order valence-electron chi connectivity index (χ0n) is 16.5. The van der Waals surface area contributed by atoms with Gasteiger partial charge in [0.1, 0.15) is 5.75 Å². The number of hydrogen-bond acceptors (Lipinski definition) is 4. The minimum atomic E-state index is -0.773. The minimum Gasteiger partial charge on any atom is -0.493 e. The van der Waals surface area contributed by atoms with E-state index in [0.29, 0.717) is 38.9 Å². The molecule has 2 rings (SSSR count). The first-order chi connectivity index (χ1) is 13.5. The Bertz CT molecular complexity index is 770. The van der Waals surface area contributed by atoms with Crippen LogP contribution in [-0.4, -0.2) is 30.3 Å². The van der Waals surface area contributed by atoms with Gasteiger partial charge in [0.15, 0.2) is 0 Å². The van der Waals surface area contributed by atoms with E-state index < -0.39 is 5.97 Å². The van der Waals surface area contributed by atoms with E-state index in [2.05, 4.69) is 6.07 Å². The van der Waals surface area contributed by atoms with Crippen molar-refractivity contribution in [1.82, 2.24) is 0 Å². The van der Waals surface area contributed by atoms with E-state index in [4.69, 9.17) is 14.6 Å². The van der Waals surface area contributed by atoms with Crippen LogP contribution in [0.2, 0.25) is 0 Å². The van der Waals surface area contributed by atoms with Crippen molar-refractivity contribution in [2.75, 3.05) is 13.2 Å². The van der Waals surface area contributed by atoms with Gasteiger partial charge in [-0.05, 0) is 49.4 Å².